The number of rotatable bonds is 6. The molecule has 0 bridgehead atoms. The molecule has 0 saturated heterocycles. The van der Waals surface area contributed by atoms with Gasteiger partial charge >= 0.3 is 0 Å². The van der Waals surface area contributed by atoms with E-state index in [1.807, 2.05) is 12.1 Å². The summed E-state index contributed by atoms with van der Waals surface area (Å²) in [4.78, 5) is 2.36. The molecule has 4 heteroatoms. The molecule has 1 aromatic carbocycles. The Morgan fingerprint density at radius 2 is 2.18 bits per heavy atom. The second-order valence-electron chi connectivity index (χ2n) is 4.19. The lowest BCUT2D eigenvalue weighted by atomic mass is 10.1. The summed E-state index contributed by atoms with van der Waals surface area (Å²) in [5, 5.41) is 0. The van der Waals surface area contributed by atoms with Gasteiger partial charge in [0.05, 0.1) is 6.61 Å². The zero-order valence-corrected chi connectivity index (χ0v) is 12.3. The Morgan fingerprint density at radius 3 is 2.76 bits per heavy atom. The molecule has 0 amide bonds. The summed E-state index contributed by atoms with van der Waals surface area (Å²) in [6.45, 7) is 6.95. The normalized spacial score (nSPS) is 13.0. The van der Waals surface area contributed by atoms with Gasteiger partial charge in [-0.2, -0.15) is 0 Å². The van der Waals surface area contributed by atoms with E-state index in [0.717, 1.165) is 29.9 Å². The molecule has 1 rings (SSSR count). The first-order valence-electron chi connectivity index (χ1n) is 5.86. The van der Waals surface area contributed by atoms with Gasteiger partial charge in [-0.3, -0.25) is 4.90 Å². The van der Waals surface area contributed by atoms with Gasteiger partial charge < -0.3 is 10.5 Å². The van der Waals surface area contributed by atoms with Gasteiger partial charge in [0, 0.05) is 29.9 Å². The van der Waals surface area contributed by atoms with Crippen molar-refractivity contribution in [1.82, 2.24) is 4.90 Å². The number of nitrogen functional groups attached to an aromatic ring is 1. The van der Waals surface area contributed by atoms with E-state index in [1.54, 1.807) is 7.11 Å². The molecule has 0 saturated carbocycles. The molecular formula is C13H21BrN2O. The van der Waals surface area contributed by atoms with Crippen LogP contribution in [-0.4, -0.2) is 31.2 Å². The van der Waals surface area contributed by atoms with Crippen molar-refractivity contribution in [3.8, 4) is 0 Å². The molecule has 0 spiro atoms. The van der Waals surface area contributed by atoms with Gasteiger partial charge in [-0.05, 0) is 41.0 Å². The van der Waals surface area contributed by atoms with Crippen molar-refractivity contribution in [3.05, 3.63) is 28.2 Å². The van der Waals surface area contributed by atoms with Gasteiger partial charge in [-0.1, -0.05) is 19.1 Å². The lowest BCUT2D eigenvalue weighted by Crippen LogP contribution is -2.35. The van der Waals surface area contributed by atoms with E-state index in [-0.39, 0.29) is 0 Å². The highest BCUT2D eigenvalue weighted by Gasteiger charge is 2.14. The Balaban J connectivity index is 2.77. The highest BCUT2D eigenvalue weighted by atomic mass is 79.9. The second-order valence-corrected chi connectivity index (χ2v) is 4.98. The van der Waals surface area contributed by atoms with Crippen molar-refractivity contribution in [2.75, 3.05) is 26.0 Å². The van der Waals surface area contributed by atoms with Gasteiger partial charge in [-0.15, -0.1) is 0 Å². The van der Waals surface area contributed by atoms with E-state index < -0.39 is 0 Å². The number of halogens is 1. The molecule has 0 heterocycles. The minimum absolute atomic E-state index is 0.401. The lowest BCUT2D eigenvalue weighted by Gasteiger charge is -2.27. The zero-order chi connectivity index (χ0) is 12.8. The largest absolute Gasteiger partial charge is 0.398 e. The average Bonchev–Trinajstić information content (AvgIpc) is 2.31. The van der Waals surface area contributed by atoms with Crippen molar-refractivity contribution >= 4 is 21.6 Å². The predicted octanol–water partition coefficient (Wildman–Crippen LogP) is 2.89. The minimum Gasteiger partial charge on any atom is -0.398 e. The smallest absolute Gasteiger partial charge is 0.0615 e. The van der Waals surface area contributed by atoms with Gasteiger partial charge in [0.15, 0.2) is 0 Å². The number of methoxy groups -OCH3 is 1. The number of hydrogen-bond acceptors (Lipinski definition) is 3. The summed E-state index contributed by atoms with van der Waals surface area (Å²) in [6, 6.07) is 6.40. The molecular weight excluding hydrogens is 280 g/mol. The first kappa shape index (κ1) is 14.5. The number of ether oxygens (including phenoxy) is 1. The van der Waals surface area contributed by atoms with Crippen LogP contribution in [-0.2, 0) is 11.3 Å². The SMILES string of the molecule is CCN(Cc1cccc(N)c1Br)C(C)COC. The van der Waals surface area contributed by atoms with E-state index in [0.29, 0.717) is 6.04 Å². The summed E-state index contributed by atoms with van der Waals surface area (Å²) in [5.74, 6) is 0. The van der Waals surface area contributed by atoms with E-state index >= 15 is 0 Å². The fraction of sp³-hybridized carbons (Fsp3) is 0.538. The minimum atomic E-state index is 0.401. The number of nitrogens with zero attached hydrogens (tertiary/aromatic N) is 1. The summed E-state index contributed by atoms with van der Waals surface area (Å²) in [6.07, 6.45) is 0. The maximum atomic E-state index is 5.88. The lowest BCUT2D eigenvalue weighted by molar-refractivity contribution is 0.0981. The van der Waals surface area contributed by atoms with Crippen molar-refractivity contribution < 1.29 is 4.74 Å². The third-order valence-corrected chi connectivity index (χ3v) is 3.89. The van der Waals surface area contributed by atoms with Gasteiger partial charge in [0.1, 0.15) is 0 Å². The molecule has 1 atom stereocenters. The summed E-state index contributed by atoms with van der Waals surface area (Å²) in [7, 11) is 1.74. The number of benzene rings is 1. The van der Waals surface area contributed by atoms with Crippen molar-refractivity contribution in [2.24, 2.45) is 0 Å². The molecule has 3 nitrogen and oxygen atoms in total. The molecule has 0 fully saturated rings. The van der Waals surface area contributed by atoms with Crippen LogP contribution in [0.25, 0.3) is 0 Å². The van der Waals surface area contributed by atoms with Gasteiger partial charge in [-0.25, -0.2) is 0 Å². The molecule has 0 aliphatic carbocycles. The maximum absolute atomic E-state index is 5.88. The van der Waals surface area contributed by atoms with Gasteiger partial charge in [0.2, 0.25) is 0 Å². The number of anilines is 1. The molecule has 0 aliphatic rings. The number of nitrogens with two attached hydrogens (primary N) is 1. The Hall–Kier alpha value is -0.580. The van der Waals surface area contributed by atoms with Crippen molar-refractivity contribution in [2.45, 2.75) is 26.4 Å². The fourth-order valence-corrected chi connectivity index (χ4v) is 2.26. The Labute approximate surface area is 112 Å². The van der Waals surface area contributed by atoms with Crippen LogP contribution in [0.15, 0.2) is 22.7 Å². The Kier molecular flexibility index (Phi) is 5.95. The zero-order valence-electron chi connectivity index (χ0n) is 10.7. The summed E-state index contributed by atoms with van der Waals surface area (Å²) < 4.78 is 6.20. The van der Waals surface area contributed by atoms with Crippen molar-refractivity contribution in [3.63, 3.8) is 0 Å². The summed E-state index contributed by atoms with van der Waals surface area (Å²) in [5.41, 5.74) is 7.89. The number of likely N-dealkylation sites (N-methyl/N-ethyl adjacent to an activating group) is 1. The Morgan fingerprint density at radius 1 is 1.47 bits per heavy atom. The standard InChI is InChI=1S/C13H21BrN2O/c1-4-16(10(2)9-17-3)8-11-6-5-7-12(15)13(11)14/h5-7,10H,4,8-9,15H2,1-3H3. The van der Waals surface area contributed by atoms with Crippen LogP contribution >= 0.6 is 15.9 Å². The third-order valence-electron chi connectivity index (χ3n) is 2.92. The second kappa shape index (κ2) is 6.99. The first-order chi connectivity index (χ1) is 8.10. The van der Waals surface area contributed by atoms with Crippen LogP contribution in [0.3, 0.4) is 0 Å². The predicted molar refractivity (Wildman–Crippen MR) is 76.0 cm³/mol. The molecule has 2 N–H and O–H groups in total. The highest BCUT2D eigenvalue weighted by molar-refractivity contribution is 9.10. The number of hydrogen-bond donors (Lipinski definition) is 1. The average molecular weight is 301 g/mol. The molecule has 0 radical (unpaired) electrons. The van der Waals surface area contributed by atoms with Crippen LogP contribution in [0.1, 0.15) is 19.4 Å². The Bertz CT molecular complexity index is 357. The molecule has 1 aromatic rings. The van der Waals surface area contributed by atoms with Crippen LogP contribution in [0.5, 0.6) is 0 Å². The van der Waals surface area contributed by atoms with Crippen molar-refractivity contribution in [1.29, 1.82) is 0 Å². The monoisotopic (exact) mass is 300 g/mol. The molecule has 0 aromatic heterocycles. The topological polar surface area (TPSA) is 38.5 Å². The van der Waals surface area contributed by atoms with Crippen LogP contribution in [0.4, 0.5) is 5.69 Å². The fourth-order valence-electron chi connectivity index (χ4n) is 1.87. The maximum Gasteiger partial charge on any atom is 0.0615 e. The van der Waals surface area contributed by atoms with E-state index in [9.17, 15) is 0 Å². The molecule has 17 heavy (non-hydrogen) atoms. The van der Waals surface area contributed by atoms with E-state index in [4.69, 9.17) is 10.5 Å². The molecule has 1 unspecified atom stereocenters. The molecule has 0 aliphatic heterocycles. The van der Waals surface area contributed by atoms with Crippen LogP contribution in [0, 0.1) is 0 Å². The molecule has 96 valence electrons. The first-order valence-corrected chi connectivity index (χ1v) is 6.65. The summed E-state index contributed by atoms with van der Waals surface area (Å²) >= 11 is 3.54. The van der Waals surface area contributed by atoms with Crippen LogP contribution < -0.4 is 5.73 Å². The third kappa shape index (κ3) is 3.98. The van der Waals surface area contributed by atoms with E-state index in [2.05, 4.69) is 40.7 Å². The van der Waals surface area contributed by atoms with E-state index in [1.165, 1.54) is 5.56 Å². The van der Waals surface area contributed by atoms with Crippen LogP contribution in [0.2, 0.25) is 0 Å². The highest BCUT2D eigenvalue weighted by Crippen LogP contribution is 2.25. The van der Waals surface area contributed by atoms with Gasteiger partial charge in [0.25, 0.3) is 0 Å². The quantitative estimate of drug-likeness (QED) is 0.821.